The van der Waals surface area contributed by atoms with Crippen molar-refractivity contribution in [1.29, 1.82) is 0 Å². The molecule has 0 aromatic carbocycles. The van der Waals surface area contributed by atoms with Crippen molar-refractivity contribution in [1.82, 2.24) is 0 Å². The van der Waals surface area contributed by atoms with E-state index in [0.717, 1.165) is 10.7 Å². The van der Waals surface area contributed by atoms with Gasteiger partial charge in [-0.1, -0.05) is 0 Å². The van der Waals surface area contributed by atoms with E-state index in [1.165, 1.54) is 0 Å². The Labute approximate surface area is 81.5 Å². The van der Waals surface area contributed by atoms with Crippen LogP contribution in [0.5, 0.6) is 0 Å². The van der Waals surface area contributed by atoms with Gasteiger partial charge in [0, 0.05) is 0 Å². The molecule has 0 aromatic heterocycles. The summed E-state index contributed by atoms with van der Waals surface area (Å²) < 4.78 is 0. The zero-order valence-corrected chi connectivity index (χ0v) is 6.90. The summed E-state index contributed by atoms with van der Waals surface area (Å²) in [6, 6.07) is 0. The fourth-order valence-corrected chi connectivity index (χ4v) is 0. The fourth-order valence-electron chi connectivity index (χ4n) is 0. The van der Waals surface area contributed by atoms with Crippen LogP contribution in [0.4, 0.5) is 0 Å². The summed E-state index contributed by atoms with van der Waals surface area (Å²) in [6.07, 6.45) is 0. The van der Waals surface area contributed by atoms with E-state index >= 15 is 0 Å². The van der Waals surface area contributed by atoms with E-state index in [1.807, 2.05) is 0 Å². The summed E-state index contributed by atoms with van der Waals surface area (Å²) >= 11 is 0. The monoisotopic (exact) mass is 259 g/mol. The van der Waals surface area contributed by atoms with Crippen LogP contribution in [-0.2, 0) is 16.8 Å². The fraction of sp³-hybridized carbons (Fsp3) is 0. The molecule has 0 aliphatic carbocycles. The molecule has 0 fully saturated rings. The molecular weight excluding hydrogens is 247 g/mol. The van der Waals surface area contributed by atoms with Gasteiger partial charge < -0.3 is 53.1 Å². The minimum Gasteiger partial charge on any atom is -0.444 e. The average Bonchev–Trinajstić information content (AvgIpc) is 1.39. The molecular formula is H12CoN2O10. The van der Waals surface area contributed by atoms with E-state index in [2.05, 4.69) is 0 Å². The van der Waals surface area contributed by atoms with Gasteiger partial charge in [-0.25, -0.2) is 0 Å². The Bertz CT molecular complexity index is 33.9. The van der Waals surface area contributed by atoms with Crippen LogP contribution in [-0.4, -0.2) is 32.9 Å². The van der Waals surface area contributed by atoms with Crippen molar-refractivity contribution < 1.29 is 49.6 Å². The van der Waals surface area contributed by atoms with Crippen LogP contribution in [0.15, 0.2) is 10.7 Å². The molecule has 0 aliphatic rings. The summed E-state index contributed by atoms with van der Waals surface area (Å²) in [7, 11) is 0. The number of rotatable bonds is 0. The van der Waals surface area contributed by atoms with Crippen LogP contribution in [0.25, 0.3) is 0 Å². The van der Waals surface area contributed by atoms with Gasteiger partial charge in [0.25, 0.3) is 0 Å². The van der Waals surface area contributed by atoms with Crippen molar-refractivity contribution in [2.75, 3.05) is 0 Å². The van der Waals surface area contributed by atoms with Gasteiger partial charge in [-0.2, -0.15) is 0 Å². The SMILES string of the molecule is O.O.O.O.O.O.O=N[O-].O=N[O-].[Co+2]. The molecule has 13 heavy (non-hydrogen) atoms. The summed E-state index contributed by atoms with van der Waals surface area (Å²) in [5.74, 6) is 0. The number of hydrogen-bond acceptors (Lipinski definition) is 6. The normalized spacial score (nSPS) is 1.85. The molecule has 0 aliphatic heterocycles. The Morgan fingerprint density at radius 2 is 0.615 bits per heavy atom. The van der Waals surface area contributed by atoms with Gasteiger partial charge in [-0.3, -0.25) is 0 Å². The molecule has 0 amide bonds. The topological polar surface area (TPSA) is 294 Å². The minimum atomic E-state index is 0. The van der Waals surface area contributed by atoms with Crippen LogP contribution < -0.4 is 0 Å². The smallest absolute Gasteiger partial charge is 0.444 e. The predicted octanol–water partition coefficient (Wildman–Crippen LogP) is -4.45. The molecule has 0 unspecified atom stereocenters. The zero-order chi connectivity index (χ0) is 5.41. The predicted molar refractivity (Wildman–Crippen MR) is 40.0 cm³/mol. The Kier molecular flexibility index (Phi) is 11900. The summed E-state index contributed by atoms with van der Waals surface area (Å²) in [4.78, 5) is 16.0. The Morgan fingerprint density at radius 1 is 0.615 bits per heavy atom. The average molecular weight is 259 g/mol. The third-order valence-electron chi connectivity index (χ3n) is 0. The third kappa shape index (κ3) is 1040. The van der Waals surface area contributed by atoms with Crippen LogP contribution >= 0.6 is 0 Å². The van der Waals surface area contributed by atoms with Gasteiger partial charge in [0.2, 0.25) is 0 Å². The molecule has 0 heterocycles. The van der Waals surface area contributed by atoms with Crippen molar-refractivity contribution in [3.63, 3.8) is 0 Å². The van der Waals surface area contributed by atoms with Crippen LogP contribution in [0.2, 0.25) is 0 Å². The standard InChI is InChI=1S/Co.2HNO2.6H2O/c;2*2-1-3;;;;;;/h;2*(H,2,3);6*1H2/q+2;;;;;;;;/p-2. The summed E-state index contributed by atoms with van der Waals surface area (Å²) in [6.45, 7) is 0. The molecule has 12 nitrogen and oxygen atoms in total. The van der Waals surface area contributed by atoms with Crippen molar-refractivity contribution in [3.05, 3.63) is 20.2 Å². The van der Waals surface area contributed by atoms with Crippen molar-refractivity contribution in [2.45, 2.75) is 0 Å². The molecule has 0 atom stereocenters. The molecule has 0 saturated heterocycles. The molecule has 0 bridgehead atoms. The van der Waals surface area contributed by atoms with E-state index in [-0.39, 0.29) is 49.6 Å². The molecule has 0 aromatic rings. The Hall–Kier alpha value is -0.934. The summed E-state index contributed by atoms with van der Waals surface area (Å²) in [5.41, 5.74) is 0. The molecule has 12 N–H and O–H groups in total. The molecule has 0 spiro atoms. The Morgan fingerprint density at radius 3 is 0.615 bits per heavy atom. The number of hydrogen-bond donors (Lipinski definition) is 0. The first kappa shape index (κ1) is 157. The molecule has 13 heteroatoms. The van der Waals surface area contributed by atoms with Gasteiger partial charge in [0.05, 0.1) is 0 Å². The van der Waals surface area contributed by atoms with Gasteiger partial charge in [-0.05, 0) is 0 Å². The molecule has 0 rings (SSSR count). The zero-order valence-electron chi connectivity index (χ0n) is 5.86. The van der Waals surface area contributed by atoms with Crippen LogP contribution in [0, 0.1) is 20.2 Å². The van der Waals surface area contributed by atoms with E-state index in [0.29, 0.717) is 0 Å². The van der Waals surface area contributed by atoms with Gasteiger partial charge in [0.15, 0.2) is 0 Å². The van der Waals surface area contributed by atoms with Gasteiger partial charge >= 0.3 is 16.8 Å². The number of nitrogens with zero attached hydrogens (tertiary/aromatic N) is 2. The maximum atomic E-state index is 8.00. The first-order valence-electron chi connectivity index (χ1n) is 0.730. The molecule has 1 radical (unpaired) electrons. The third-order valence-corrected chi connectivity index (χ3v) is 0. The van der Waals surface area contributed by atoms with E-state index < -0.39 is 0 Å². The largest absolute Gasteiger partial charge is 2.00 e. The minimum absolute atomic E-state index is 0. The van der Waals surface area contributed by atoms with Gasteiger partial charge in [0.1, 0.15) is 0 Å². The first-order valence-corrected chi connectivity index (χ1v) is 0.730. The van der Waals surface area contributed by atoms with Crippen molar-refractivity contribution in [3.8, 4) is 0 Å². The van der Waals surface area contributed by atoms with Crippen LogP contribution in [0.1, 0.15) is 0 Å². The second kappa shape index (κ2) is 986. The first-order chi connectivity index (χ1) is 2.83. The molecule has 91 valence electrons. The Balaban J connectivity index is -0.00000000229. The quantitative estimate of drug-likeness (QED) is 0.306. The second-order valence-corrected chi connectivity index (χ2v) is 0.149. The van der Waals surface area contributed by atoms with E-state index in [9.17, 15) is 0 Å². The van der Waals surface area contributed by atoms with Crippen molar-refractivity contribution in [2.24, 2.45) is 10.7 Å². The maximum Gasteiger partial charge on any atom is 2.00 e. The van der Waals surface area contributed by atoms with E-state index in [4.69, 9.17) is 20.2 Å². The van der Waals surface area contributed by atoms with Crippen molar-refractivity contribution >= 4 is 0 Å². The van der Waals surface area contributed by atoms with Gasteiger partial charge in [-0.15, -0.1) is 10.7 Å². The van der Waals surface area contributed by atoms with E-state index in [1.54, 1.807) is 0 Å². The maximum absolute atomic E-state index is 8.00. The van der Waals surface area contributed by atoms with Crippen LogP contribution in [0.3, 0.4) is 0 Å². The molecule has 0 saturated carbocycles. The second-order valence-electron chi connectivity index (χ2n) is 0.149. The summed E-state index contributed by atoms with van der Waals surface area (Å²) in [5, 5.41) is 18.0.